The summed E-state index contributed by atoms with van der Waals surface area (Å²) in [4.78, 5) is 17.3. The minimum Gasteiger partial charge on any atom is -0.396 e. The number of aryl methyl sites for hydroxylation is 1. The summed E-state index contributed by atoms with van der Waals surface area (Å²) in [5.41, 5.74) is 1.37. The van der Waals surface area contributed by atoms with Crippen molar-refractivity contribution in [1.29, 1.82) is 0 Å². The van der Waals surface area contributed by atoms with E-state index in [0.717, 1.165) is 64.7 Å². The Morgan fingerprint density at radius 1 is 1.04 bits per heavy atom. The molecule has 2 saturated heterocycles. The van der Waals surface area contributed by atoms with Gasteiger partial charge < -0.3 is 10.0 Å². The van der Waals surface area contributed by atoms with Crippen LogP contribution in [-0.4, -0.2) is 59.6 Å². The maximum Gasteiger partial charge on any atom is 0.222 e. The lowest BCUT2D eigenvalue weighted by Gasteiger charge is -2.42. The van der Waals surface area contributed by atoms with Gasteiger partial charge in [-0.15, -0.1) is 0 Å². The SMILES string of the molecule is O=C(CCCCc1ccccc1)N1CCCC(N2CCC(CO)CC2)C1. The first-order valence-electron chi connectivity index (χ1n) is 10.4. The van der Waals surface area contributed by atoms with Crippen LogP contribution < -0.4 is 0 Å². The zero-order valence-corrected chi connectivity index (χ0v) is 16.0. The highest BCUT2D eigenvalue weighted by atomic mass is 16.3. The van der Waals surface area contributed by atoms with Gasteiger partial charge in [-0.05, 0) is 69.5 Å². The van der Waals surface area contributed by atoms with E-state index >= 15 is 0 Å². The number of unbranched alkanes of at least 4 members (excludes halogenated alkanes) is 1. The van der Waals surface area contributed by atoms with E-state index in [4.69, 9.17) is 0 Å². The number of aliphatic hydroxyl groups excluding tert-OH is 1. The Morgan fingerprint density at radius 3 is 2.54 bits per heavy atom. The molecule has 2 heterocycles. The smallest absolute Gasteiger partial charge is 0.222 e. The molecule has 1 N–H and O–H groups in total. The first-order chi connectivity index (χ1) is 12.8. The van der Waals surface area contributed by atoms with Crippen LogP contribution in [0.3, 0.4) is 0 Å². The molecule has 2 aliphatic rings. The van der Waals surface area contributed by atoms with Gasteiger partial charge in [0.05, 0.1) is 0 Å². The van der Waals surface area contributed by atoms with Gasteiger partial charge in [-0.2, -0.15) is 0 Å². The Balaban J connectivity index is 1.37. The maximum absolute atomic E-state index is 12.6. The number of hydrogen-bond donors (Lipinski definition) is 1. The van der Waals surface area contributed by atoms with Gasteiger partial charge in [0.25, 0.3) is 0 Å². The molecule has 0 saturated carbocycles. The second-order valence-electron chi connectivity index (χ2n) is 7.99. The summed E-state index contributed by atoms with van der Waals surface area (Å²) in [6, 6.07) is 11.1. The van der Waals surface area contributed by atoms with Crippen LogP contribution in [0.15, 0.2) is 30.3 Å². The summed E-state index contributed by atoms with van der Waals surface area (Å²) in [6.07, 6.45) is 8.35. The molecule has 0 bridgehead atoms. The first-order valence-corrected chi connectivity index (χ1v) is 10.4. The molecule has 1 aromatic rings. The number of benzene rings is 1. The lowest BCUT2D eigenvalue weighted by molar-refractivity contribution is -0.133. The number of carbonyl (C=O) groups is 1. The van der Waals surface area contributed by atoms with Crippen molar-refractivity contribution >= 4 is 5.91 Å². The fourth-order valence-corrected chi connectivity index (χ4v) is 4.39. The summed E-state index contributed by atoms with van der Waals surface area (Å²) in [5, 5.41) is 9.31. The molecule has 4 nitrogen and oxygen atoms in total. The zero-order valence-electron chi connectivity index (χ0n) is 16.0. The van der Waals surface area contributed by atoms with Crippen molar-refractivity contribution in [2.24, 2.45) is 5.92 Å². The van der Waals surface area contributed by atoms with Gasteiger partial charge in [-0.1, -0.05) is 30.3 Å². The van der Waals surface area contributed by atoms with Crippen LogP contribution >= 0.6 is 0 Å². The number of piperidine rings is 2. The van der Waals surface area contributed by atoms with Gasteiger partial charge in [-0.25, -0.2) is 0 Å². The average Bonchev–Trinajstić information content (AvgIpc) is 2.72. The number of carbonyl (C=O) groups excluding carboxylic acids is 1. The standard InChI is InChI=1S/C22H34N2O2/c25-18-20-12-15-23(16-13-20)21-10-6-14-24(17-21)22(26)11-5-4-9-19-7-2-1-3-8-19/h1-3,7-8,20-21,25H,4-6,9-18H2. The zero-order chi connectivity index (χ0) is 18.2. The Kier molecular flexibility index (Phi) is 7.51. The van der Waals surface area contributed by atoms with E-state index in [1.807, 2.05) is 6.07 Å². The highest BCUT2D eigenvalue weighted by Crippen LogP contribution is 2.23. The molecular formula is C22H34N2O2. The number of amides is 1. The van der Waals surface area contributed by atoms with Crippen LogP contribution in [0.4, 0.5) is 0 Å². The Bertz CT molecular complexity index is 540. The summed E-state index contributed by atoms with van der Waals surface area (Å²) < 4.78 is 0. The van der Waals surface area contributed by atoms with Crippen molar-refractivity contribution in [3.8, 4) is 0 Å². The third-order valence-corrected chi connectivity index (χ3v) is 6.12. The number of aliphatic hydroxyl groups is 1. The van der Waals surface area contributed by atoms with E-state index < -0.39 is 0 Å². The van der Waals surface area contributed by atoms with Crippen LogP contribution in [0.1, 0.15) is 50.5 Å². The van der Waals surface area contributed by atoms with Crippen LogP contribution in [0.5, 0.6) is 0 Å². The lowest BCUT2D eigenvalue weighted by Crippen LogP contribution is -2.52. The minimum absolute atomic E-state index is 0.325. The van der Waals surface area contributed by atoms with Crippen molar-refractivity contribution < 1.29 is 9.90 Å². The second kappa shape index (κ2) is 10.1. The highest BCUT2D eigenvalue weighted by Gasteiger charge is 2.30. The number of rotatable bonds is 7. The van der Waals surface area contributed by atoms with Gasteiger partial charge in [0.1, 0.15) is 0 Å². The molecule has 2 fully saturated rings. The Labute approximate surface area is 158 Å². The Morgan fingerprint density at radius 2 is 1.81 bits per heavy atom. The largest absolute Gasteiger partial charge is 0.396 e. The molecule has 0 spiro atoms. The quantitative estimate of drug-likeness (QED) is 0.762. The van der Waals surface area contributed by atoms with E-state index in [9.17, 15) is 9.90 Å². The second-order valence-corrected chi connectivity index (χ2v) is 7.99. The van der Waals surface area contributed by atoms with Gasteiger partial charge in [0, 0.05) is 32.2 Å². The molecule has 0 radical (unpaired) electrons. The molecule has 0 aromatic heterocycles. The summed E-state index contributed by atoms with van der Waals surface area (Å²) in [7, 11) is 0. The fraction of sp³-hybridized carbons (Fsp3) is 0.682. The fourth-order valence-electron chi connectivity index (χ4n) is 4.39. The molecule has 1 unspecified atom stereocenters. The molecule has 2 aliphatic heterocycles. The monoisotopic (exact) mass is 358 g/mol. The van der Waals surface area contributed by atoms with E-state index in [1.165, 1.54) is 12.0 Å². The minimum atomic E-state index is 0.325. The maximum atomic E-state index is 12.6. The van der Waals surface area contributed by atoms with Crippen molar-refractivity contribution in [3.63, 3.8) is 0 Å². The highest BCUT2D eigenvalue weighted by molar-refractivity contribution is 5.76. The van der Waals surface area contributed by atoms with Crippen LogP contribution in [0, 0.1) is 5.92 Å². The molecule has 3 rings (SSSR count). The van der Waals surface area contributed by atoms with Crippen LogP contribution in [-0.2, 0) is 11.2 Å². The van der Waals surface area contributed by atoms with Gasteiger partial charge in [0.2, 0.25) is 5.91 Å². The molecule has 1 atom stereocenters. The number of hydrogen-bond acceptors (Lipinski definition) is 3. The summed E-state index contributed by atoms with van der Waals surface area (Å²) in [6.45, 7) is 4.32. The molecule has 4 heteroatoms. The van der Waals surface area contributed by atoms with Gasteiger partial charge in [0.15, 0.2) is 0 Å². The van der Waals surface area contributed by atoms with Crippen molar-refractivity contribution in [2.75, 3.05) is 32.8 Å². The summed E-state index contributed by atoms with van der Waals surface area (Å²) >= 11 is 0. The third-order valence-electron chi connectivity index (χ3n) is 6.12. The predicted octanol–water partition coefficient (Wildman–Crippen LogP) is 3.09. The molecule has 0 aliphatic carbocycles. The van der Waals surface area contributed by atoms with E-state index in [2.05, 4.69) is 34.1 Å². The molecule has 26 heavy (non-hydrogen) atoms. The van der Waals surface area contributed by atoms with E-state index in [1.54, 1.807) is 0 Å². The van der Waals surface area contributed by atoms with Crippen LogP contribution in [0.2, 0.25) is 0 Å². The summed E-state index contributed by atoms with van der Waals surface area (Å²) in [5.74, 6) is 0.824. The molecular weight excluding hydrogens is 324 g/mol. The van der Waals surface area contributed by atoms with E-state index in [0.29, 0.717) is 30.9 Å². The number of likely N-dealkylation sites (tertiary alicyclic amines) is 2. The van der Waals surface area contributed by atoms with Crippen LogP contribution in [0.25, 0.3) is 0 Å². The van der Waals surface area contributed by atoms with Crippen molar-refractivity contribution in [3.05, 3.63) is 35.9 Å². The predicted molar refractivity (Wildman–Crippen MR) is 105 cm³/mol. The van der Waals surface area contributed by atoms with Gasteiger partial charge in [-0.3, -0.25) is 9.69 Å². The molecule has 1 amide bonds. The average molecular weight is 359 g/mol. The third kappa shape index (κ3) is 5.55. The van der Waals surface area contributed by atoms with E-state index in [-0.39, 0.29) is 0 Å². The van der Waals surface area contributed by atoms with Crippen molar-refractivity contribution in [2.45, 2.75) is 57.4 Å². The topological polar surface area (TPSA) is 43.8 Å². The van der Waals surface area contributed by atoms with Crippen molar-refractivity contribution in [1.82, 2.24) is 9.80 Å². The normalized spacial score (nSPS) is 22.5. The molecule has 1 aromatic carbocycles. The first kappa shape index (κ1) is 19.4. The Hall–Kier alpha value is -1.39. The molecule has 144 valence electrons. The number of nitrogens with zero attached hydrogens (tertiary/aromatic N) is 2. The van der Waals surface area contributed by atoms with Gasteiger partial charge >= 0.3 is 0 Å². The lowest BCUT2D eigenvalue weighted by atomic mass is 9.94.